The minimum absolute atomic E-state index is 0.158. The molecule has 0 atom stereocenters. The molecule has 0 heterocycles. The lowest BCUT2D eigenvalue weighted by molar-refractivity contribution is 0.596. The van der Waals surface area contributed by atoms with Crippen molar-refractivity contribution in [3.05, 3.63) is 0 Å². The van der Waals surface area contributed by atoms with Crippen LogP contribution in [0.25, 0.3) is 0 Å². The third kappa shape index (κ3) is 7.23. The summed E-state index contributed by atoms with van der Waals surface area (Å²) in [6, 6.07) is 0.495. The van der Waals surface area contributed by atoms with E-state index in [1.807, 2.05) is 0 Å². The first-order valence-electron chi connectivity index (χ1n) is 3.41. The van der Waals surface area contributed by atoms with Crippen molar-refractivity contribution < 1.29 is 0 Å². The van der Waals surface area contributed by atoms with Crippen LogP contribution in [0.15, 0.2) is 4.99 Å². The molecule has 0 aromatic rings. The molecular formula is C6H16N4. The molecule has 4 nitrogen and oxygen atoms in total. The molecule has 0 unspecified atom stereocenters. The van der Waals surface area contributed by atoms with Crippen LogP contribution < -0.4 is 16.8 Å². The molecule has 0 bridgehead atoms. The smallest absolute Gasteiger partial charge is 0.185 e. The highest BCUT2D eigenvalue weighted by atomic mass is 15.0. The van der Waals surface area contributed by atoms with Gasteiger partial charge in [0.05, 0.1) is 6.54 Å². The average molecular weight is 144 g/mol. The van der Waals surface area contributed by atoms with E-state index in [2.05, 4.69) is 24.2 Å². The van der Waals surface area contributed by atoms with Gasteiger partial charge in [-0.1, -0.05) is 13.8 Å². The Bertz CT molecular complexity index is 104. The van der Waals surface area contributed by atoms with E-state index in [0.29, 0.717) is 12.6 Å². The summed E-state index contributed by atoms with van der Waals surface area (Å²) in [5, 5.41) is 3.18. The van der Waals surface area contributed by atoms with Crippen LogP contribution in [0.1, 0.15) is 13.8 Å². The first-order valence-corrected chi connectivity index (χ1v) is 3.41. The Morgan fingerprint density at radius 2 is 2.10 bits per heavy atom. The van der Waals surface area contributed by atoms with E-state index in [9.17, 15) is 0 Å². The number of guanidine groups is 1. The quantitative estimate of drug-likeness (QED) is 0.276. The zero-order valence-electron chi connectivity index (χ0n) is 6.59. The predicted molar refractivity (Wildman–Crippen MR) is 43.8 cm³/mol. The van der Waals surface area contributed by atoms with Crippen LogP contribution in [0, 0.1) is 0 Å². The molecule has 0 aliphatic heterocycles. The van der Waals surface area contributed by atoms with Gasteiger partial charge >= 0.3 is 0 Å². The minimum Gasteiger partial charge on any atom is -0.370 e. The van der Waals surface area contributed by atoms with Gasteiger partial charge in [-0.3, -0.25) is 4.99 Å². The van der Waals surface area contributed by atoms with Crippen molar-refractivity contribution in [2.24, 2.45) is 16.5 Å². The third-order valence-electron chi connectivity index (χ3n) is 0.959. The van der Waals surface area contributed by atoms with Gasteiger partial charge in [-0.05, 0) is 0 Å². The molecule has 0 aliphatic carbocycles. The minimum atomic E-state index is 0.158. The van der Waals surface area contributed by atoms with Crippen molar-refractivity contribution in [1.82, 2.24) is 5.32 Å². The molecular weight excluding hydrogens is 128 g/mol. The molecule has 0 amide bonds. The molecule has 10 heavy (non-hydrogen) atoms. The zero-order chi connectivity index (χ0) is 7.98. The SMILES string of the molecule is CC(C)NCCN=C(N)N. The second-order valence-electron chi connectivity index (χ2n) is 2.42. The van der Waals surface area contributed by atoms with Gasteiger partial charge in [0.2, 0.25) is 0 Å². The van der Waals surface area contributed by atoms with Crippen molar-refractivity contribution in [3.63, 3.8) is 0 Å². The van der Waals surface area contributed by atoms with E-state index >= 15 is 0 Å². The molecule has 0 radical (unpaired) electrons. The second kappa shape index (κ2) is 5.05. The van der Waals surface area contributed by atoms with E-state index < -0.39 is 0 Å². The predicted octanol–water partition coefficient (Wildman–Crippen LogP) is -0.742. The van der Waals surface area contributed by atoms with E-state index in [1.165, 1.54) is 0 Å². The van der Waals surface area contributed by atoms with Crippen molar-refractivity contribution in [1.29, 1.82) is 0 Å². The first kappa shape index (κ1) is 9.23. The summed E-state index contributed by atoms with van der Waals surface area (Å²) in [5.74, 6) is 0.158. The number of nitrogens with two attached hydrogens (primary N) is 2. The number of rotatable bonds is 4. The third-order valence-corrected chi connectivity index (χ3v) is 0.959. The van der Waals surface area contributed by atoms with E-state index in [-0.39, 0.29) is 5.96 Å². The van der Waals surface area contributed by atoms with Crippen LogP contribution in [-0.2, 0) is 0 Å². The van der Waals surface area contributed by atoms with Crippen LogP contribution in [0.4, 0.5) is 0 Å². The lowest BCUT2D eigenvalue weighted by Crippen LogP contribution is -2.28. The number of aliphatic imine (C=N–C) groups is 1. The van der Waals surface area contributed by atoms with Gasteiger partial charge in [-0.2, -0.15) is 0 Å². The molecule has 4 heteroatoms. The van der Waals surface area contributed by atoms with Crippen LogP contribution in [-0.4, -0.2) is 25.1 Å². The summed E-state index contributed by atoms with van der Waals surface area (Å²) in [6.07, 6.45) is 0. The summed E-state index contributed by atoms with van der Waals surface area (Å²) >= 11 is 0. The summed E-state index contributed by atoms with van der Waals surface area (Å²) in [4.78, 5) is 3.81. The maximum Gasteiger partial charge on any atom is 0.185 e. The van der Waals surface area contributed by atoms with Crippen LogP contribution >= 0.6 is 0 Å². The van der Waals surface area contributed by atoms with E-state index in [1.54, 1.807) is 0 Å². The summed E-state index contributed by atoms with van der Waals surface area (Å²) in [7, 11) is 0. The monoisotopic (exact) mass is 144 g/mol. The Morgan fingerprint density at radius 1 is 1.50 bits per heavy atom. The Labute approximate surface area is 61.7 Å². The van der Waals surface area contributed by atoms with Gasteiger partial charge < -0.3 is 16.8 Å². The Balaban J connectivity index is 3.13. The Hall–Kier alpha value is -0.770. The molecule has 0 rings (SSSR count). The van der Waals surface area contributed by atoms with E-state index in [4.69, 9.17) is 11.5 Å². The highest BCUT2D eigenvalue weighted by Gasteiger charge is 1.88. The molecule has 0 saturated heterocycles. The first-order chi connectivity index (χ1) is 4.63. The Morgan fingerprint density at radius 3 is 2.50 bits per heavy atom. The molecule has 0 aliphatic rings. The van der Waals surface area contributed by atoms with Gasteiger partial charge in [-0.25, -0.2) is 0 Å². The zero-order valence-corrected chi connectivity index (χ0v) is 6.59. The fourth-order valence-electron chi connectivity index (χ4n) is 0.538. The Kier molecular flexibility index (Phi) is 4.66. The molecule has 0 spiro atoms. The number of nitrogens with zero attached hydrogens (tertiary/aromatic N) is 1. The van der Waals surface area contributed by atoms with Gasteiger partial charge in [0.1, 0.15) is 0 Å². The van der Waals surface area contributed by atoms with E-state index in [0.717, 1.165) is 6.54 Å². The van der Waals surface area contributed by atoms with Crippen molar-refractivity contribution in [2.75, 3.05) is 13.1 Å². The lowest BCUT2D eigenvalue weighted by atomic mass is 10.4. The van der Waals surface area contributed by atoms with Gasteiger partial charge in [0, 0.05) is 12.6 Å². The topological polar surface area (TPSA) is 76.4 Å². The maximum atomic E-state index is 5.11. The normalized spacial score (nSPS) is 9.90. The summed E-state index contributed by atoms with van der Waals surface area (Å²) in [5.41, 5.74) is 10.2. The molecule has 60 valence electrons. The largest absolute Gasteiger partial charge is 0.370 e. The molecule has 0 aromatic heterocycles. The van der Waals surface area contributed by atoms with Crippen LogP contribution in [0.5, 0.6) is 0 Å². The van der Waals surface area contributed by atoms with Gasteiger partial charge in [0.15, 0.2) is 5.96 Å². The number of hydrogen-bond acceptors (Lipinski definition) is 2. The van der Waals surface area contributed by atoms with Crippen molar-refractivity contribution in [3.8, 4) is 0 Å². The molecule has 0 saturated carbocycles. The number of nitrogens with one attached hydrogen (secondary N) is 1. The second-order valence-corrected chi connectivity index (χ2v) is 2.42. The van der Waals surface area contributed by atoms with Crippen LogP contribution in [0.3, 0.4) is 0 Å². The van der Waals surface area contributed by atoms with Crippen molar-refractivity contribution in [2.45, 2.75) is 19.9 Å². The molecule has 0 aromatic carbocycles. The molecule has 0 fully saturated rings. The fraction of sp³-hybridized carbons (Fsp3) is 0.833. The van der Waals surface area contributed by atoms with Gasteiger partial charge in [0.25, 0.3) is 0 Å². The maximum absolute atomic E-state index is 5.11. The summed E-state index contributed by atoms with van der Waals surface area (Å²) in [6.45, 7) is 5.64. The number of hydrogen-bond donors (Lipinski definition) is 3. The summed E-state index contributed by atoms with van der Waals surface area (Å²) < 4.78 is 0. The lowest BCUT2D eigenvalue weighted by Gasteiger charge is -2.04. The molecule has 5 N–H and O–H groups in total. The highest BCUT2D eigenvalue weighted by Crippen LogP contribution is 1.74. The average Bonchev–Trinajstić information content (AvgIpc) is 1.79. The van der Waals surface area contributed by atoms with Crippen LogP contribution in [0.2, 0.25) is 0 Å². The fourth-order valence-corrected chi connectivity index (χ4v) is 0.538. The standard InChI is InChI=1S/C6H16N4/c1-5(2)9-3-4-10-6(7)8/h5,9H,3-4H2,1-2H3,(H4,7,8,10). The highest BCUT2D eigenvalue weighted by molar-refractivity contribution is 5.75. The van der Waals surface area contributed by atoms with Gasteiger partial charge in [-0.15, -0.1) is 0 Å². The van der Waals surface area contributed by atoms with Crippen molar-refractivity contribution >= 4 is 5.96 Å².